The minimum absolute atomic E-state index is 0.312. The summed E-state index contributed by atoms with van der Waals surface area (Å²) in [6, 6.07) is 18.8. The van der Waals surface area contributed by atoms with E-state index < -0.39 is 12.0 Å². The molecule has 26 heavy (non-hydrogen) atoms. The van der Waals surface area contributed by atoms with Crippen LogP contribution in [0.1, 0.15) is 11.6 Å². The van der Waals surface area contributed by atoms with Crippen LogP contribution in [0.4, 0.5) is 0 Å². The summed E-state index contributed by atoms with van der Waals surface area (Å²) in [5.41, 5.74) is 0.312. The average Bonchev–Trinajstić information content (AvgIpc) is 2.66. The van der Waals surface area contributed by atoms with E-state index in [9.17, 15) is 9.70 Å². The Kier molecular flexibility index (Phi) is 5.43. The molecule has 3 rings (SSSR count). The molecule has 0 aliphatic heterocycles. The van der Waals surface area contributed by atoms with Gasteiger partial charge in [0, 0.05) is 0 Å². The van der Waals surface area contributed by atoms with E-state index in [4.69, 9.17) is 14.6 Å². The van der Waals surface area contributed by atoms with Gasteiger partial charge in [-0.05, 0) is 45.8 Å². The van der Waals surface area contributed by atoms with Gasteiger partial charge in [0.2, 0.25) is 6.04 Å². The minimum atomic E-state index is -1.40. The maximum Gasteiger partial charge on any atom is 0.336 e. The molecule has 0 heterocycles. The molecule has 0 aliphatic carbocycles. The van der Waals surface area contributed by atoms with E-state index in [1.165, 1.54) is 12.1 Å². The molecule has 0 aromatic heterocycles. The molecule has 1 atom stereocenters. The number of carbonyl (C=O) groups is 1. The van der Waals surface area contributed by atoms with E-state index in [1.807, 2.05) is 42.5 Å². The molecule has 0 spiro atoms. The number of nitrogens with zero attached hydrogens (tertiary/aromatic N) is 1. The van der Waals surface area contributed by atoms with Gasteiger partial charge in [0.25, 0.3) is 0 Å². The number of carboxylic acids is 1. The molecule has 132 valence electrons. The first-order chi connectivity index (χ1) is 12.7. The van der Waals surface area contributed by atoms with Gasteiger partial charge in [-0.15, -0.1) is 4.91 Å². The fourth-order valence-corrected chi connectivity index (χ4v) is 2.57. The molecule has 6 heteroatoms. The predicted octanol–water partition coefficient (Wildman–Crippen LogP) is 4.19. The van der Waals surface area contributed by atoms with E-state index in [0.29, 0.717) is 24.5 Å². The highest BCUT2D eigenvalue weighted by atomic mass is 16.5. The predicted molar refractivity (Wildman–Crippen MR) is 97.6 cm³/mol. The number of nitroso groups, excluding NO2 is 1. The second kappa shape index (κ2) is 8.11. The molecule has 0 fully saturated rings. The molecular weight excluding hydrogens is 334 g/mol. The summed E-state index contributed by atoms with van der Waals surface area (Å²) in [5.74, 6) is 0.0485. The van der Waals surface area contributed by atoms with Gasteiger partial charge in [0.15, 0.2) is 0 Å². The van der Waals surface area contributed by atoms with Gasteiger partial charge >= 0.3 is 5.97 Å². The molecule has 0 aliphatic rings. The molecular formula is C20H17NO5. The SMILES string of the molecule is O=NC(C(=O)O)c1ccc(OCCOc2ccc3ccccc3c2)cc1. The second-order valence-corrected chi connectivity index (χ2v) is 5.62. The Morgan fingerprint density at radius 3 is 2.15 bits per heavy atom. The van der Waals surface area contributed by atoms with Crippen LogP contribution in [0.3, 0.4) is 0 Å². The van der Waals surface area contributed by atoms with E-state index in [2.05, 4.69) is 5.18 Å². The maximum atomic E-state index is 10.9. The third kappa shape index (κ3) is 4.16. The molecule has 3 aromatic carbocycles. The standard InChI is InChI=1S/C20H17NO5/c22-20(23)19(21-24)15-6-8-17(9-7-15)25-11-12-26-18-10-5-14-3-1-2-4-16(14)13-18/h1-10,13,19H,11-12H2,(H,22,23). The first kappa shape index (κ1) is 17.4. The average molecular weight is 351 g/mol. The molecule has 1 unspecified atom stereocenters. The van der Waals surface area contributed by atoms with Crippen molar-refractivity contribution in [2.75, 3.05) is 13.2 Å². The van der Waals surface area contributed by atoms with E-state index >= 15 is 0 Å². The van der Waals surface area contributed by atoms with E-state index in [1.54, 1.807) is 12.1 Å². The second-order valence-electron chi connectivity index (χ2n) is 5.62. The Morgan fingerprint density at radius 2 is 1.50 bits per heavy atom. The fourth-order valence-electron chi connectivity index (χ4n) is 2.57. The lowest BCUT2D eigenvalue weighted by Gasteiger charge is -2.10. The zero-order chi connectivity index (χ0) is 18.4. The molecule has 0 radical (unpaired) electrons. The minimum Gasteiger partial charge on any atom is -0.490 e. The van der Waals surface area contributed by atoms with Gasteiger partial charge in [-0.3, -0.25) is 0 Å². The van der Waals surface area contributed by atoms with Crippen molar-refractivity contribution in [2.24, 2.45) is 5.18 Å². The van der Waals surface area contributed by atoms with Crippen molar-refractivity contribution in [1.29, 1.82) is 0 Å². The van der Waals surface area contributed by atoms with Crippen LogP contribution in [0.15, 0.2) is 71.9 Å². The van der Waals surface area contributed by atoms with Gasteiger partial charge in [-0.2, -0.15) is 0 Å². The number of fused-ring (bicyclic) bond motifs is 1. The number of carboxylic acid groups (broad SMARTS) is 1. The largest absolute Gasteiger partial charge is 0.490 e. The third-order valence-electron chi connectivity index (χ3n) is 3.88. The summed E-state index contributed by atoms with van der Waals surface area (Å²) < 4.78 is 11.3. The fraction of sp³-hybridized carbons (Fsp3) is 0.150. The van der Waals surface area contributed by atoms with Gasteiger partial charge in [-0.25, -0.2) is 4.79 Å². The Bertz CT molecular complexity index is 907. The van der Waals surface area contributed by atoms with Crippen molar-refractivity contribution in [3.8, 4) is 11.5 Å². The Balaban J connectivity index is 1.51. The van der Waals surface area contributed by atoms with E-state index in [-0.39, 0.29) is 0 Å². The molecule has 0 amide bonds. The van der Waals surface area contributed by atoms with Crippen LogP contribution < -0.4 is 9.47 Å². The molecule has 0 saturated heterocycles. The molecule has 6 nitrogen and oxygen atoms in total. The first-order valence-electron chi connectivity index (χ1n) is 8.07. The first-order valence-corrected chi connectivity index (χ1v) is 8.07. The van der Waals surface area contributed by atoms with Gasteiger partial charge < -0.3 is 14.6 Å². The summed E-state index contributed by atoms with van der Waals surface area (Å²) in [4.78, 5) is 21.5. The lowest BCUT2D eigenvalue weighted by molar-refractivity contribution is -0.138. The molecule has 0 saturated carbocycles. The van der Waals surface area contributed by atoms with Crippen LogP contribution in [0.5, 0.6) is 11.5 Å². The Morgan fingerprint density at radius 1 is 0.885 bits per heavy atom. The van der Waals surface area contributed by atoms with Crippen molar-refractivity contribution in [1.82, 2.24) is 0 Å². The lowest BCUT2D eigenvalue weighted by atomic mass is 10.1. The molecule has 3 aromatic rings. The zero-order valence-electron chi connectivity index (χ0n) is 13.9. The number of benzene rings is 3. The maximum absolute atomic E-state index is 10.9. The number of rotatable bonds is 8. The highest BCUT2D eigenvalue weighted by Gasteiger charge is 2.20. The lowest BCUT2D eigenvalue weighted by Crippen LogP contribution is -2.10. The zero-order valence-corrected chi connectivity index (χ0v) is 13.9. The Labute approximate surface area is 150 Å². The van der Waals surface area contributed by atoms with Crippen molar-refractivity contribution in [2.45, 2.75) is 6.04 Å². The summed E-state index contributed by atoms with van der Waals surface area (Å²) in [7, 11) is 0. The van der Waals surface area contributed by atoms with Gasteiger partial charge in [0.05, 0.1) is 0 Å². The topological polar surface area (TPSA) is 85.2 Å². The number of hydrogen-bond acceptors (Lipinski definition) is 5. The number of hydrogen-bond donors (Lipinski definition) is 1. The number of aliphatic carboxylic acids is 1. The smallest absolute Gasteiger partial charge is 0.336 e. The summed E-state index contributed by atoms with van der Waals surface area (Å²) in [6.45, 7) is 0.703. The van der Waals surface area contributed by atoms with Crippen LogP contribution in [0, 0.1) is 4.91 Å². The normalized spacial score (nSPS) is 11.7. The van der Waals surface area contributed by atoms with Crippen LogP contribution >= 0.6 is 0 Å². The summed E-state index contributed by atoms with van der Waals surface area (Å²) >= 11 is 0. The van der Waals surface area contributed by atoms with E-state index in [0.717, 1.165) is 16.5 Å². The van der Waals surface area contributed by atoms with Crippen LogP contribution in [-0.4, -0.2) is 24.3 Å². The molecule has 0 bridgehead atoms. The quantitative estimate of drug-likeness (QED) is 0.486. The monoisotopic (exact) mass is 351 g/mol. The van der Waals surface area contributed by atoms with Gasteiger partial charge in [-0.1, -0.05) is 42.5 Å². The van der Waals surface area contributed by atoms with Crippen LogP contribution in [0.25, 0.3) is 10.8 Å². The number of ether oxygens (including phenoxy) is 2. The highest BCUT2D eigenvalue weighted by molar-refractivity contribution is 5.83. The Hall–Kier alpha value is -3.41. The summed E-state index contributed by atoms with van der Waals surface area (Å²) in [5, 5.41) is 13.8. The van der Waals surface area contributed by atoms with Crippen LogP contribution in [0.2, 0.25) is 0 Å². The van der Waals surface area contributed by atoms with Crippen molar-refractivity contribution in [3.05, 3.63) is 77.2 Å². The van der Waals surface area contributed by atoms with Crippen molar-refractivity contribution < 1.29 is 19.4 Å². The molecule has 1 N–H and O–H groups in total. The van der Waals surface area contributed by atoms with Gasteiger partial charge in [0.1, 0.15) is 24.7 Å². The van der Waals surface area contributed by atoms with Crippen molar-refractivity contribution in [3.63, 3.8) is 0 Å². The highest BCUT2D eigenvalue weighted by Crippen LogP contribution is 2.22. The third-order valence-corrected chi connectivity index (χ3v) is 3.88. The summed E-state index contributed by atoms with van der Waals surface area (Å²) in [6.07, 6.45) is 0. The van der Waals surface area contributed by atoms with Crippen molar-refractivity contribution >= 4 is 16.7 Å². The van der Waals surface area contributed by atoms with Crippen LogP contribution in [-0.2, 0) is 4.79 Å².